The molecule has 0 spiro atoms. The van der Waals surface area contributed by atoms with Crippen LogP contribution in [-0.2, 0) is 26.0 Å². The van der Waals surface area contributed by atoms with E-state index in [1.807, 2.05) is 6.92 Å². The van der Waals surface area contributed by atoms with Crippen LogP contribution >= 0.6 is 0 Å². The highest BCUT2D eigenvalue weighted by molar-refractivity contribution is 7.89. The number of sulfonamides is 1. The number of aromatic nitrogens is 2. The van der Waals surface area contributed by atoms with Crippen LogP contribution < -0.4 is 15.7 Å². The summed E-state index contributed by atoms with van der Waals surface area (Å²) in [5.41, 5.74) is 2.80. The van der Waals surface area contributed by atoms with Crippen LogP contribution in [0.15, 0.2) is 34.0 Å². The van der Waals surface area contributed by atoms with Gasteiger partial charge in [-0.05, 0) is 51.3 Å². The summed E-state index contributed by atoms with van der Waals surface area (Å²) in [5, 5.41) is 9.66. The van der Waals surface area contributed by atoms with Crippen molar-refractivity contribution in [1.29, 1.82) is 0 Å². The van der Waals surface area contributed by atoms with E-state index < -0.39 is 15.7 Å². The lowest BCUT2D eigenvalue weighted by molar-refractivity contribution is -0.123. The highest BCUT2D eigenvalue weighted by Crippen LogP contribution is 2.10. The SMILES string of the molecule is Cc1ccc(S(=O)(=O)NCCCNC(=O)CCc2c(C)nc(=O)[nH]c2C)cc1.O=CO. The van der Waals surface area contributed by atoms with Crippen LogP contribution in [0.2, 0.25) is 0 Å². The summed E-state index contributed by atoms with van der Waals surface area (Å²) in [6, 6.07) is 6.62. The highest BCUT2D eigenvalue weighted by Gasteiger charge is 2.13. The van der Waals surface area contributed by atoms with Gasteiger partial charge < -0.3 is 15.4 Å². The second kappa shape index (κ2) is 12.6. The van der Waals surface area contributed by atoms with Crippen molar-refractivity contribution in [2.45, 2.75) is 44.9 Å². The van der Waals surface area contributed by atoms with E-state index in [0.29, 0.717) is 25.1 Å². The Bertz CT molecular complexity index is 1010. The molecule has 2 aromatic rings. The Morgan fingerprint density at radius 1 is 1.16 bits per heavy atom. The lowest BCUT2D eigenvalue weighted by Gasteiger charge is -2.09. The number of nitrogens with one attached hydrogen (secondary N) is 3. The summed E-state index contributed by atoms with van der Waals surface area (Å²) < 4.78 is 26.8. The fourth-order valence-electron chi connectivity index (χ4n) is 2.77. The molecular formula is C20H28N4O6S. The number of amides is 1. The zero-order valence-electron chi connectivity index (χ0n) is 17.8. The summed E-state index contributed by atoms with van der Waals surface area (Å²) >= 11 is 0. The standard InChI is InChI=1S/C19H26N4O4S.CH2O2/c1-13-5-7-16(8-6-13)28(26,27)21-12-4-11-20-18(24)10-9-17-14(2)22-19(25)23-15(17)3;2-1-3/h5-8,21H,4,9-12H2,1-3H3,(H,20,24)(H,22,23,25);1H,(H,2,3). The molecule has 0 saturated carbocycles. The molecule has 10 nitrogen and oxygen atoms in total. The van der Waals surface area contributed by atoms with Crippen molar-refractivity contribution in [2.75, 3.05) is 13.1 Å². The molecule has 11 heteroatoms. The number of nitrogens with zero attached hydrogens (tertiary/aromatic N) is 1. The summed E-state index contributed by atoms with van der Waals surface area (Å²) in [6.45, 7) is 5.78. The molecular weight excluding hydrogens is 424 g/mol. The van der Waals surface area contributed by atoms with E-state index in [9.17, 15) is 18.0 Å². The van der Waals surface area contributed by atoms with Crippen LogP contribution in [0.1, 0.15) is 35.4 Å². The minimum atomic E-state index is -3.54. The van der Waals surface area contributed by atoms with E-state index in [0.717, 1.165) is 16.8 Å². The largest absolute Gasteiger partial charge is 0.483 e. The van der Waals surface area contributed by atoms with Crippen molar-refractivity contribution in [3.05, 3.63) is 57.3 Å². The summed E-state index contributed by atoms with van der Waals surface area (Å²) in [5.74, 6) is -0.133. The normalized spacial score (nSPS) is 10.7. The second-order valence-corrected chi connectivity index (χ2v) is 8.52. The minimum absolute atomic E-state index is 0.133. The first-order chi connectivity index (χ1) is 14.6. The number of carbonyl (C=O) groups excluding carboxylic acids is 1. The molecule has 0 aliphatic carbocycles. The minimum Gasteiger partial charge on any atom is -0.483 e. The molecule has 0 saturated heterocycles. The average Bonchev–Trinajstić information content (AvgIpc) is 2.67. The van der Waals surface area contributed by atoms with Gasteiger partial charge in [0.05, 0.1) is 4.90 Å². The van der Waals surface area contributed by atoms with Gasteiger partial charge in [-0.1, -0.05) is 17.7 Å². The van der Waals surface area contributed by atoms with E-state index in [1.165, 1.54) is 0 Å². The molecule has 1 aromatic heterocycles. The summed E-state index contributed by atoms with van der Waals surface area (Å²) in [6.07, 6.45) is 1.23. The fraction of sp³-hybridized carbons (Fsp3) is 0.400. The number of carboxylic acid groups (broad SMARTS) is 1. The van der Waals surface area contributed by atoms with E-state index in [1.54, 1.807) is 38.1 Å². The van der Waals surface area contributed by atoms with Gasteiger partial charge in [-0.25, -0.2) is 17.9 Å². The first-order valence-electron chi connectivity index (χ1n) is 9.58. The van der Waals surface area contributed by atoms with E-state index in [4.69, 9.17) is 9.90 Å². The van der Waals surface area contributed by atoms with Gasteiger partial charge in [-0.3, -0.25) is 9.59 Å². The van der Waals surface area contributed by atoms with Crippen molar-refractivity contribution < 1.29 is 23.1 Å². The molecule has 0 aliphatic heterocycles. The Kier molecular flexibility index (Phi) is 10.6. The van der Waals surface area contributed by atoms with E-state index in [2.05, 4.69) is 20.0 Å². The van der Waals surface area contributed by atoms with Gasteiger partial charge in [-0.2, -0.15) is 4.98 Å². The number of hydrogen-bond acceptors (Lipinski definition) is 6. The molecule has 31 heavy (non-hydrogen) atoms. The Hall–Kier alpha value is -3.05. The zero-order valence-corrected chi connectivity index (χ0v) is 18.6. The molecule has 4 N–H and O–H groups in total. The molecule has 0 radical (unpaired) electrons. The molecule has 170 valence electrons. The lowest BCUT2D eigenvalue weighted by Crippen LogP contribution is -2.30. The quantitative estimate of drug-likeness (QED) is 0.324. The first kappa shape index (κ1) is 26.0. The van der Waals surface area contributed by atoms with Gasteiger partial charge in [0.25, 0.3) is 6.47 Å². The molecule has 0 unspecified atom stereocenters. The maximum absolute atomic E-state index is 12.2. The van der Waals surface area contributed by atoms with Crippen molar-refractivity contribution >= 4 is 22.4 Å². The van der Waals surface area contributed by atoms with Crippen LogP contribution in [0.5, 0.6) is 0 Å². The van der Waals surface area contributed by atoms with Crippen LogP contribution in [0.3, 0.4) is 0 Å². The average molecular weight is 453 g/mol. The fourth-order valence-corrected chi connectivity index (χ4v) is 3.85. The van der Waals surface area contributed by atoms with Crippen molar-refractivity contribution in [3.63, 3.8) is 0 Å². The Morgan fingerprint density at radius 3 is 2.35 bits per heavy atom. The molecule has 1 aromatic carbocycles. The van der Waals surface area contributed by atoms with E-state index >= 15 is 0 Å². The number of hydrogen-bond donors (Lipinski definition) is 4. The number of aryl methyl sites for hydroxylation is 3. The second-order valence-electron chi connectivity index (χ2n) is 6.75. The zero-order chi connectivity index (χ0) is 23.4. The predicted octanol–water partition coefficient (Wildman–Crippen LogP) is 0.813. The third kappa shape index (κ3) is 9.09. The number of rotatable bonds is 9. The number of carbonyl (C=O) groups is 2. The smallest absolute Gasteiger partial charge is 0.345 e. The maximum Gasteiger partial charge on any atom is 0.345 e. The van der Waals surface area contributed by atoms with Crippen molar-refractivity contribution in [3.8, 4) is 0 Å². The Morgan fingerprint density at radius 2 is 1.77 bits per heavy atom. The van der Waals surface area contributed by atoms with Crippen molar-refractivity contribution in [2.24, 2.45) is 0 Å². The number of H-pyrrole nitrogens is 1. The molecule has 0 atom stereocenters. The lowest BCUT2D eigenvalue weighted by atomic mass is 10.1. The molecule has 2 rings (SSSR count). The third-order valence-corrected chi connectivity index (χ3v) is 5.83. The predicted molar refractivity (Wildman–Crippen MR) is 115 cm³/mol. The van der Waals surface area contributed by atoms with Gasteiger partial charge >= 0.3 is 5.69 Å². The van der Waals surface area contributed by atoms with Gasteiger partial charge in [0, 0.05) is 30.9 Å². The third-order valence-electron chi connectivity index (χ3n) is 4.35. The van der Waals surface area contributed by atoms with Gasteiger partial charge in [0.15, 0.2) is 0 Å². The first-order valence-corrected chi connectivity index (χ1v) is 11.1. The molecule has 1 amide bonds. The molecule has 1 heterocycles. The van der Waals surface area contributed by atoms with Crippen LogP contribution in [0.25, 0.3) is 0 Å². The van der Waals surface area contributed by atoms with Crippen LogP contribution in [0, 0.1) is 20.8 Å². The van der Waals surface area contributed by atoms with Gasteiger partial charge in [-0.15, -0.1) is 0 Å². The molecule has 0 bridgehead atoms. The molecule has 0 aliphatic rings. The van der Waals surface area contributed by atoms with Gasteiger partial charge in [0.1, 0.15) is 0 Å². The summed E-state index contributed by atoms with van der Waals surface area (Å²) in [4.78, 5) is 38.3. The highest BCUT2D eigenvalue weighted by atomic mass is 32.2. The topological polar surface area (TPSA) is 158 Å². The Labute approximate surface area is 181 Å². The molecule has 0 fully saturated rings. The Balaban J connectivity index is 0.00000151. The maximum atomic E-state index is 12.2. The monoisotopic (exact) mass is 452 g/mol. The summed E-state index contributed by atoms with van der Waals surface area (Å²) in [7, 11) is -3.54. The van der Waals surface area contributed by atoms with E-state index in [-0.39, 0.29) is 30.2 Å². The van der Waals surface area contributed by atoms with Crippen LogP contribution in [-0.4, -0.2) is 49.0 Å². The number of aromatic amines is 1. The van der Waals surface area contributed by atoms with Gasteiger partial charge in [0.2, 0.25) is 15.9 Å². The number of benzene rings is 1. The van der Waals surface area contributed by atoms with Crippen LogP contribution in [0.4, 0.5) is 0 Å². The van der Waals surface area contributed by atoms with Crippen molar-refractivity contribution in [1.82, 2.24) is 20.0 Å².